The maximum absolute atomic E-state index is 12.8. The van der Waals surface area contributed by atoms with E-state index in [9.17, 15) is 9.79 Å². The molecule has 0 radical (unpaired) electrons. The van der Waals surface area contributed by atoms with Gasteiger partial charge in [-0.05, 0) is 0 Å². The van der Waals surface area contributed by atoms with E-state index in [1.807, 2.05) is 54.6 Å². The Morgan fingerprint density at radius 1 is 0.500 bits per heavy atom. The van der Waals surface area contributed by atoms with Crippen LogP contribution in [0.2, 0.25) is 0 Å². The van der Waals surface area contributed by atoms with Crippen molar-refractivity contribution in [1.29, 1.82) is 0 Å². The molecule has 3 aromatic rings. The Hall–Kier alpha value is -2.19. The Balaban J connectivity index is 2.31. The third kappa shape index (κ3) is 6.50. The van der Waals surface area contributed by atoms with Gasteiger partial charge in [0.2, 0.25) is 0 Å². The summed E-state index contributed by atoms with van der Waals surface area (Å²) in [6.07, 6.45) is 3.85. The molecule has 0 saturated carbocycles. The average Bonchev–Trinajstić information content (AvgIpc) is 2.97. The Bertz CT molecular complexity index is 1300. The van der Waals surface area contributed by atoms with E-state index in [0.29, 0.717) is 16.4 Å². The zero-order valence-electron chi connectivity index (χ0n) is 28.4. The van der Waals surface area contributed by atoms with Crippen LogP contribution in [-0.2, 0) is 21.7 Å². The maximum atomic E-state index is 12.8. The Morgan fingerprint density at radius 3 is 1.19 bits per heavy atom. The van der Waals surface area contributed by atoms with E-state index < -0.39 is 7.28 Å². The molecule has 0 spiro atoms. The minimum atomic E-state index is -5.14. The number of benzene rings is 3. The van der Waals surface area contributed by atoms with Crippen LogP contribution in [0.5, 0.6) is 5.75 Å². The first kappa shape index (κ1) is 34.3. The Morgan fingerprint density at radius 2 is 0.833 bits per heavy atom. The molecule has 42 heavy (non-hydrogen) atoms. The summed E-state index contributed by atoms with van der Waals surface area (Å²) in [6.45, 7) is 26.5. The monoisotopic (exact) mass is 592 g/mol. The van der Waals surface area contributed by atoms with Gasteiger partial charge in [0.05, 0.1) is 0 Å². The molecule has 0 aliphatic carbocycles. The van der Waals surface area contributed by atoms with Gasteiger partial charge in [-0.25, -0.2) is 0 Å². The molecule has 3 nitrogen and oxygen atoms in total. The van der Waals surface area contributed by atoms with Crippen LogP contribution in [0, 0.1) is 0 Å². The van der Waals surface area contributed by atoms with Crippen molar-refractivity contribution in [3.8, 4) is 5.75 Å². The van der Waals surface area contributed by atoms with Crippen LogP contribution < -0.4 is 15.1 Å². The fourth-order valence-corrected chi connectivity index (χ4v) is 7.58. The first-order valence-corrected chi connectivity index (χ1v) is 17.9. The zero-order valence-corrected chi connectivity index (χ0v) is 29.3. The van der Waals surface area contributed by atoms with Crippen LogP contribution in [0.1, 0.15) is 131 Å². The molecule has 3 rings (SSSR count). The quantitative estimate of drug-likeness (QED) is 0.206. The molecule has 232 valence electrons. The molecule has 0 aliphatic rings. The molecular weight excluding hydrogens is 535 g/mol. The van der Waals surface area contributed by atoms with Crippen LogP contribution in [0.3, 0.4) is 0 Å². The van der Waals surface area contributed by atoms with E-state index >= 15 is 0 Å². The van der Waals surface area contributed by atoms with Crippen molar-refractivity contribution >= 4 is 17.9 Å². The van der Waals surface area contributed by atoms with Crippen LogP contribution in [0.25, 0.3) is 0 Å². The van der Waals surface area contributed by atoms with E-state index in [1.54, 1.807) is 0 Å². The zero-order chi connectivity index (χ0) is 31.8. The summed E-state index contributed by atoms with van der Waals surface area (Å²) in [5.41, 5.74) is 4.25. The van der Waals surface area contributed by atoms with Gasteiger partial charge in [0.15, 0.2) is 0 Å². The second-order valence-electron chi connectivity index (χ2n) is 14.8. The van der Waals surface area contributed by atoms with Gasteiger partial charge in [-0.15, -0.1) is 0 Å². The number of hydrogen-bond donors (Lipinski definition) is 2. The van der Waals surface area contributed by atoms with E-state index in [-0.39, 0.29) is 21.7 Å². The fourth-order valence-electron chi connectivity index (χ4n) is 5.17. The topological polar surface area (TPSA) is 49.7 Å². The average molecular weight is 593 g/mol. The summed E-state index contributed by atoms with van der Waals surface area (Å²) in [6, 6.07) is 21.8. The molecule has 0 amide bonds. The predicted octanol–water partition coefficient (Wildman–Crippen LogP) is 9.75. The van der Waals surface area contributed by atoms with Crippen molar-refractivity contribution in [3.63, 3.8) is 0 Å². The predicted molar refractivity (Wildman–Crippen MR) is 184 cm³/mol. The van der Waals surface area contributed by atoms with Crippen LogP contribution in [-0.4, -0.2) is 9.79 Å². The van der Waals surface area contributed by atoms with Crippen molar-refractivity contribution in [2.75, 3.05) is 0 Å². The van der Waals surface area contributed by atoms with Crippen LogP contribution >= 0.6 is 7.28 Å². The SMILES string of the molecule is CCC(C)(C)c1ccc(P(O)(O)(Oc2ccc(C(C)(C)CC)cc2C(C)(C)CC)c2ccc(C(C)(C)CC)cc2)cc1. The van der Waals surface area contributed by atoms with Crippen molar-refractivity contribution < 1.29 is 14.3 Å². The van der Waals surface area contributed by atoms with Crippen molar-refractivity contribution in [3.05, 3.63) is 89.0 Å². The van der Waals surface area contributed by atoms with Gasteiger partial charge >= 0.3 is 257 Å². The van der Waals surface area contributed by atoms with Crippen molar-refractivity contribution in [1.82, 2.24) is 0 Å². The standard InChI is InChI=1S/C38H57O3P/c1-13-35(5,6)28-17-22-31(23-18-28)42(39,40,32-24-19-29(20-25-32)36(7,8)14-2)41-34-26-21-30(37(9,10)15-3)27-33(34)38(11,12)16-4/h17-27,39-40H,13-16H2,1-12H3. The molecule has 0 bridgehead atoms. The third-order valence-electron chi connectivity index (χ3n) is 10.5. The molecule has 0 aliphatic heterocycles. The second-order valence-corrected chi connectivity index (χ2v) is 17.9. The summed E-state index contributed by atoms with van der Waals surface area (Å²) in [5.74, 6) is 0.524. The molecular formula is C38H57O3P. The molecule has 0 heterocycles. The van der Waals surface area contributed by atoms with Crippen LogP contribution in [0.4, 0.5) is 0 Å². The molecule has 0 atom stereocenters. The molecule has 0 fully saturated rings. The fraction of sp³-hybridized carbons (Fsp3) is 0.526. The van der Waals surface area contributed by atoms with Gasteiger partial charge in [-0.1, -0.05) is 0 Å². The van der Waals surface area contributed by atoms with Gasteiger partial charge in [0.25, 0.3) is 0 Å². The first-order valence-electron chi connectivity index (χ1n) is 15.9. The summed E-state index contributed by atoms with van der Waals surface area (Å²) < 4.78 is 6.73. The second kappa shape index (κ2) is 11.7. The van der Waals surface area contributed by atoms with Gasteiger partial charge in [0, 0.05) is 0 Å². The molecule has 0 saturated heterocycles. The van der Waals surface area contributed by atoms with E-state index in [1.165, 1.54) is 5.56 Å². The van der Waals surface area contributed by atoms with Gasteiger partial charge < -0.3 is 0 Å². The molecule has 0 unspecified atom stereocenters. The summed E-state index contributed by atoms with van der Waals surface area (Å²) in [5, 5.41) is 0.801. The van der Waals surface area contributed by atoms with Crippen LogP contribution in [0.15, 0.2) is 66.7 Å². The molecule has 3 aromatic carbocycles. The molecule has 2 N–H and O–H groups in total. The van der Waals surface area contributed by atoms with E-state index in [4.69, 9.17) is 4.52 Å². The van der Waals surface area contributed by atoms with E-state index in [2.05, 4.69) is 95.2 Å². The minimum absolute atomic E-state index is 0.00905. The normalized spacial score (nSPS) is 14.4. The summed E-state index contributed by atoms with van der Waals surface area (Å²) in [4.78, 5) is 25.6. The van der Waals surface area contributed by atoms with Gasteiger partial charge in [0.1, 0.15) is 0 Å². The molecule has 0 aromatic heterocycles. The number of hydrogen-bond acceptors (Lipinski definition) is 3. The summed E-state index contributed by atoms with van der Waals surface area (Å²) >= 11 is 0. The number of rotatable bonds is 12. The van der Waals surface area contributed by atoms with E-state index in [0.717, 1.165) is 42.4 Å². The molecule has 4 heteroatoms. The third-order valence-corrected chi connectivity index (χ3v) is 13.5. The van der Waals surface area contributed by atoms with Gasteiger partial charge in [-0.2, -0.15) is 0 Å². The van der Waals surface area contributed by atoms with Crippen molar-refractivity contribution in [2.24, 2.45) is 0 Å². The van der Waals surface area contributed by atoms with Gasteiger partial charge in [-0.3, -0.25) is 0 Å². The van der Waals surface area contributed by atoms with Crippen molar-refractivity contribution in [2.45, 2.75) is 130 Å². The Labute approximate surface area is 256 Å². The Kier molecular flexibility index (Phi) is 9.57. The summed E-state index contributed by atoms with van der Waals surface area (Å²) in [7, 11) is -5.14. The first-order chi connectivity index (χ1) is 19.3.